The summed E-state index contributed by atoms with van der Waals surface area (Å²) in [7, 11) is 0. The van der Waals surface area contributed by atoms with Crippen molar-refractivity contribution in [2.75, 3.05) is 13.2 Å². The van der Waals surface area contributed by atoms with Gasteiger partial charge in [0, 0.05) is 4.92 Å². The molecule has 12 heavy (non-hydrogen) atoms. The molecule has 0 heterocycles. The van der Waals surface area contributed by atoms with Gasteiger partial charge in [0.25, 0.3) is 0 Å². The lowest BCUT2D eigenvalue weighted by atomic mass is 10.1. The third-order valence-corrected chi connectivity index (χ3v) is 1.99. The van der Waals surface area contributed by atoms with Gasteiger partial charge in [-0.15, -0.1) is 0 Å². The fourth-order valence-corrected chi connectivity index (χ4v) is 1.11. The minimum Gasteiger partial charge on any atom is -0.465 e. The van der Waals surface area contributed by atoms with Crippen LogP contribution in [0.2, 0.25) is 0 Å². The molecule has 68 valence electrons. The number of hydrogen-bond acceptors (Lipinski definition) is 4. The van der Waals surface area contributed by atoms with Crippen LogP contribution in [0.4, 0.5) is 0 Å². The molecule has 5 nitrogen and oxygen atoms in total. The number of carbonyl (C=O) groups is 1. The van der Waals surface area contributed by atoms with Crippen LogP contribution in [0.15, 0.2) is 0 Å². The summed E-state index contributed by atoms with van der Waals surface area (Å²) in [6.45, 7) is 1.70. The summed E-state index contributed by atoms with van der Waals surface area (Å²) < 4.78 is 4.73. The highest BCUT2D eigenvalue weighted by Gasteiger charge is 2.55. The number of esters is 1. The Balaban J connectivity index is 2.48. The highest BCUT2D eigenvalue weighted by atomic mass is 16.6. The average Bonchev–Trinajstić information content (AvgIpc) is 2.69. The lowest BCUT2D eigenvalue weighted by molar-refractivity contribution is -0.488. The number of rotatable bonds is 4. The van der Waals surface area contributed by atoms with Crippen LogP contribution in [0.25, 0.3) is 0 Å². The number of hydrogen-bond donors (Lipinski definition) is 0. The largest absolute Gasteiger partial charge is 0.465 e. The first-order valence-corrected chi connectivity index (χ1v) is 3.90. The van der Waals surface area contributed by atoms with Gasteiger partial charge in [0.15, 0.2) is 0 Å². The molecule has 0 aromatic heterocycles. The second kappa shape index (κ2) is 3.08. The summed E-state index contributed by atoms with van der Waals surface area (Å²) in [6, 6.07) is 0. The summed E-state index contributed by atoms with van der Waals surface area (Å²) >= 11 is 0. The zero-order valence-corrected chi connectivity index (χ0v) is 6.91. The molecule has 0 aromatic rings. The topological polar surface area (TPSA) is 69.4 Å². The third kappa shape index (κ3) is 1.72. The summed E-state index contributed by atoms with van der Waals surface area (Å²) in [5.74, 6) is -0.415. The second-order valence-corrected chi connectivity index (χ2v) is 2.99. The van der Waals surface area contributed by atoms with Crippen molar-refractivity contribution in [2.45, 2.75) is 19.8 Å². The average molecular weight is 173 g/mol. The molecule has 0 amide bonds. The standard InChI is InChI=1S/C7H11NO4/c1-2-12-6(9)7(3-4-7)5-8(10)11/h2-5H2,1H3. The molecule has 1 rings (SSSR count). The predicted molar refractivity (Wildman–Crippen MR) is 40.2 cm³/mol. The Morgan fingerprint density at radius 2 is 2.25 bits per heavy atom. The molecular weight excluding hydrogens is 162 g/mol. The van der Waals surface area contributed by atoms with Gasteiger partial charge < -0.3 is 4.74 Å². The van der Waals surface area contributed by atoms with Crippen molar-refractivity contribution in [3.8, 4) is 0 Å². The van der Waals surface area contributed by atoms with Gasteiger partial charge in [-0.25, -0.2) is 0 Å². The van der Waals surface area contributed by atoms with Gasteiger partial charge in [-0.2, -0.15) is 0 Å². The van der Waals surface area contributed by atoms with E-state index in [9.17, 15) is 14.9 Å². The Bertz CT molecular complexity index is 209. The van der Waals surface area contributed by atoms with Crippen LogP contribution in [-0.4, -0.2) is 24.0 Å². The highest BCUT2D eigenvalue weighted by molar-refractivity contribution is 5.79. The first-order valence-electron chi connectivity index (χ1n) is 3.90. The Morgan fingerprint density at radius 1 is 1.67 bits per heavy atom. The first kappa shape index (κ1) is 8.96. The van der Waals surface area contributed by atoms with Crippen LogP contribution in [-0.2, 0) is 9.53 Å². The summed E-state index contributed by atoms with van der Waals surface area (Å²) in [4.78, 5) is 20.8. The van der Waals surface area contributed by atoms with E-state index in [2.05, 4.69) is 0 Å². The maximum absolute atomic E-state index is 11.1. The van der Waals surface area contributed by atoms with E-state index < -0.39 is 16.3 Å². The Hall–Kier alpha value is -1.13. The van der Waals surface area contributed by atoms with Crippen molar-refractivity contribution < 1.29 is 14.5 Å². The lowest BCUT2D eigenvalue weighted by Crippen LogP contribution is -2.26. The van der Waals surface area contributed by atoms with E-state index in [-0.39, 0.29) is 13.2 Å². The Morgan fingerprint density at radius 3 is 2.58 bits per heavy atom. The van der Waals surface area contributed by atoms with E-state index in [1.54, 1.807) is 6.92 Å². The molecular formula is C7H11NO4. The van der Waals surface area contributed by atoms with Crippen molar-refractivity contribution in [1.29, 1.82) is 0 Å². The number of carbonyl (C=O) groups excluding carboxylic acids is 1. The molecule has 0 atom stereocenters. The maximum atomic E-state index is 11.1. The van der Waals surface area contributed by atoms with Crippen molar-refractivity contribution >= 4 is 5.97 Å². The Labute approximate surface area is 69.9 Å². The molecule has 0 aromatic carbocycles. The molecule has 1 saturated carbocycles. The number of ether oxygens (including phenoxy) is 1. The van der Waals surface area contributed by atoms with Gasteiger partial charge in [-0.05, 0) is 19.8 Å². The molecule has 0 saturated heterocycles. The molecule has 1 aliphatic carbocycles. The van der Waals surface area contributed by atoms with Crippen molar-refractivity contribution in [3.05, 3.63) is 10.1 Å². The number of nitrogens with zero attached hydrogens (tertiary/aromatic N) is 1. The minimum absolute atomic E-state index is 0.286. The van der Waals surface area contributed by atoms with E-state index in [1.807, 2.05) is 0 Å². The van der Waals surface area contributed by atoms with Gasteiger partial charge in [-0.1, -0.05) is 0 Å². The molecule has 0 aliphatic heterocycles. The zero-order chi connectivity index (χ0) is 9.19. The van der Waals surface area contributed by atoms with E-state index in [0.29, 0.717) is 12.8 Å². The van der Waals surface area contributed by atoms with Crippen molar-refractivity contribution in [3.63, 3.8) is 0 Å². The van der Waals surface area contributed by atoms with Gasteiger partial charge in [0.1, 0.15) is 5.41 Å². The summed E-state index contributed by atoms with van der Waals surface area (Å²) in [6.07, 6.45) is 1.18. The van der Waals surface area contributed by atoms with Gasteiger partial charge in [-0.3, -0.25) is 14.9 Å². The van der Waals surface area contributed by atoms with Crippen LogP contribution in [0.3, 0.4) is 0 Å². The summed E-state index contributed by atoms with van der Waals surface area (Å²) in [5.41, 5.74) is -0.778. The SMILES string of the molecule is CCOC(=O)C1(C[N+](=O)[O-])CC1. The van der Waals surface area contributed by atoms with Crippen LogP contribution in [0.5, 0.6) is 0 Å². The smallest absolute Gasteiger partial charge is 0.318 e. The Kier molecular flexibility index (Phi) is 2.30. The van der Waals surface area contributed by atoms with Crippen LogP contribution in [0.1, 0.15) is 19.8 Å². The fraction of sp³-hybridized carbons (Fsp3) is 0.857. The van der Waals surface area contributed by atoms with Gasteiger partial charge >= 0.3 is 5.97 Å². The molecule has 0 unspecified atom stereocenters. The molecule has 1 aliphatic rings. The maximum Gasteiger partial charge on any atom is 0.318 e. The summed E-state index contributed by atoms with van der Waals surface area (Å²) in [5, 5.41) is 10.2. The lowest BCUT2D eigenvalue weighted by Gasteiger charge is -2.07. The van der Waals surface area contributed by atoms with Gasteiger partial charge in [0.05, 0.1) is 6.61 Å². The zero-order valence-electron chi connectivity index (χ0n) is 6.91. The predicted octanol–water partition coefficient (Wildman–Crippen LogP) is 0.606. The van der Waals surface area contributed by atoms with E-state index in [1.165, 1.54) is 0 Å². The highest BCUT2D eigenvalue weighted by Crippen LogP contribution is 2.46. The van der Waals surface area contributed by atoms with Crippen LogP contribution in [0, 0.1) is 15.5 Å². The van der Waals surface area contributed by atoms with Crippen molar-refractivity contribution in [1.82, 2.24) is 0 Å². The third-order valence-electron chi connectivity index (χ3n) is 1.99. The van der Waals surface area contributed by atoms with Crippen molar-refractivity contribution in [2.24, 2.45) is 5.41 Å². The van der Waals surface area contributed by atoms with E-state index >= 15 is 0 Å². The van der Waals surface area contributed by atoms with Gasteiger partial charge in [0.2, 0.25) is 6.54 Å². The quantitative estimate of drug-likeness (QED) is 0.354. The van der Waals surface area contributed by atoms with Crippen LogP contribution >= 0.6 is 0 Å². The fourth-order valence-electron chi connectivity index (χ4n) is 1.11. The number of nitro groups is 1. The molecule has 0 spiro atoms. The van der Waals surface area contributed by atoms with Crippen LogP contribution < -0.4 is 0 Å². The minimum atomic E-state index is -0.778. The molecule has 0 bridgehead atoms. The van der Waals surface area contributed by atoms with E-state index in [4.69, 9.17) is 4.74 Å². The van der Waals surface area contributed by atoms with E-state index in [0.717, 1.165) is 0 Å². The molecule has 1 fully saturated rings. The molecule has 5 heteroatoms. The monoisotopic (exact) mass is 173 g/mol. The first-order chi connectivity index (χ1) is 5.60. The molecule has 0 radical (unpaired) electrons. The molecule has 0 N–H and O–H groups in total. The second-order valence-electron chi connectivity index (χ2n) is 2.99. The normalized spacial score (nSPS) is 18.4.